The number of aliphatic hydroxyl groups is 1. The minimum absolute atomic E-state index is 0.130. The van der Waals surface area contributed by atoms with Crippen molar-refractivity contribution in [2.75, 3.05) is 0 Å². The van der Waals surface area contributed by atoms with Gasteiger partial charge in [0.05, 0.1) is 5.60 Å². The standard InChI is InChI=1S/C20H25F3O2/c1-4-7-14-18(17(24,5-2)6-3)19(25-18,20(21,22)23)15-13-16-11-9-8-10-12-16/h8-12,24H,4-7,14H2,1-3H3/t18-,19-/m0/s1. The highest BCUT2D eigenvalue weighted by Crippen LogP contribution is 2.65. The van der Waals surface area contributed by atoms with Crippen LogP contribution < -0.4 is 0 Å². The zero-order valence-corrected chi connectivity index (χ0v) is 14.9. The lowest BCUT2D eigenvalue weighted by molar-refractivity contribution is -0.170. The number of benzene rings is 1. The van der Waals surface area contributed by atoms with Gasteiger partial charge in [-0.1, -0.05) is 57.7 Å². The molecule has 1 aromatic carbocycles. The summed E-state index contributed by atoms with van der Waals surface area (Å²) in [6.07, 6.45) is -2.94. The van der Waals surface area contributed by atoms with Crippen LogP contribution in [0.15, 0.2) is 30.3 Å². The number of ether oxygens (including phenoxy) is 1. The lowest BCUT2D eigenvalue weighted by atomic mass is 9.72. The Hall–Kier alpha value is -1.51. The fraction of sp³-hybridized carbons (Fsp3) is 0.600. The molecule has 25 heavy (non-hydrogen) atoms. The van der Waals surface area contributed by atoms with Crippen LogP contribution in [0.3, 0.4) is 0 Å². The summed E-state index contributed by atoms with van der Waals surface area (Å²) >= 11 is 0. The summed E-state index contributed by atoms with van der Waals surface area (Å²) in [4.78, 5) is 0. The van der Waals surface area contributed by atoms with E-state index in [1.165, 1.54) is 0 Å². The van der Waals surface area contributed by atoms with E-state index in [0.717, 1.165) is 0 Å². The lowest BCUT2D eigenvalue weighted by Gasteiger charge is -2.34. The van der Waals surface area contributed by atoms with Crippen LogP contribution in [0.2, 0.25) is 0 Å². The van der Waals surface area contributed by atoms with Crippen LogP contribution in [0, 0.1) is 11.8 Å². The third-order valence-corrected chi connectivity index (χ3v) is 5.21. The minimum atomic E-state index is -4.68. The van der Waals surface area contributed by atoms with Gasteiger partial charge in [-0.05, 0) is 37.3 Å². The van der Waals surface area contributed by atoms with Crippen LogP contribution in [0.25, 0.3) is 0 Å². The van der Waals surface area contributed by atoms with E-state index in [4.69, 9.17) is 4.74 Å². The monoisotopic (exact) mass is 354 g/mol. The van der Waals surface area contributed by atoms with Gasteiger partial charge < -0.3 is 9.84 Å². The fourth-order valence-electron chi connectivity index (χ4n) is 3.53. The predicted octanol–water partition coefficient (Wildman–Crippen LogP) is 4.85. The Morgan fingerprint density at radius 1 is 1.08 bits per heavy atom. The summed E-state index contributed by atoms with van der Waals surface area (Å²) in [5.74, 6) is 4.94. The van der Waals surface area contributed by atoms with Crippen molar-refractivity contribution in [2.24, 2.45) is 0 Å². The Bertz CT molecular complexity index is 640. The summed E-state index contributed by atoms with van der Waals surface area (Å²) in [5.41, 5.74) is -5.41. The van der Waals surface area contributed by atoms with Gasteiger partial charge >= 0.3 is 6.18 Å². The Labute approximate surface area is 147 Å². The molecule has 2 atom stereocenters. The summed E-state index contributed by atoms with van der Waals surface area (Å²) in [6, 6.07) is 8.52. The summed E-state index contributed by atoms with van der Waals surface area (Å²) in [7, 11) is 0. The molecule has 1 aliphatic heterocycles. The second-order valence-electron chi connectivity index (χ2n) is 6.57. The molecule has 0 radical (unpaired) electrons. The maximum Gasteiger partial charge on any atom is 0.432 e. The molecular formula is C20H25F3O2. The van der Waals surface area contributed by atoms with Crippen molar-refractivity contribution in [1.29, 1.82) is 0 Å². The first-order chi connectivity index (χ1) is 11.7. The van der Waals surface area contributed by atoms with Crippen molar-refractivity contribution >= 4 is 0 Å². The summed E-state index contributed by atoms with van der Waals surface area (Å²) < 4.78 is 47.3. The summed E-state index contributed by atoms with van der Waals surface area (Å²) in [6.45, 7) is 5.27. The molecule has 1 heterocycles. The van der Waals surface area contributed by atoms with Crippen LogP contribution in [0.4, 0.5) is 13.2 Å². The van der Waals surface area contributed by atoms with Gasteiger partial charge in [0, 0.05) is 5.56 Å². The van der Waals surface area contributed by atoms with Crippen molar-refractivity contribution in [3.8, 4) is 11.8 Å². The zero-order valence-electron chi connectivity index (χ0n) is 14.9. The number of epoxide rings is 1. The van der Waals surface area contributed by atoms with E-state index in [2.05, 4.69) is 11.8 Å². The summed E-state index contributed by atoms with van der Waals surface area (Å²) in [5, 5.41) is 10.9. The fourth-order valence-corrected chi connectivity index (χ4v) is 3.53. The van der Waals surface area contributed by atoms with E-state index < -0.39 is 23.0 Å². The van der Waals surface area contributed by atoms with E-state index in [-0.39, 0.29) is 19.3 Å². The van der Waals surface area contributed by atoms with E-state index in [0.29, 0.717) is 18.4 Å². The van der Waals surface area contributed by atoms with E-state index in [1.807, 2.05) is 6.92 Å². The average molecular weight is 354 g/mol. The smallest absolute Gasteiger partial charge is 0.387 e. The Kier molecular flexibility index (Phi) is 5.56. The Morgan fingerprint density at radius 2 is 1.68 bits per heavy atom. The highest BCUT2D eigenvalue weighted by Gasteiger charge is 2.87. The Balaban J connectivity index is 2.53. The maximum atomic E-state index is 14.0. The van der Waals surface area contributed by atoms with Gasteiger partial charge in [0.1, 0.15) is 5.60 Å². The number of alkyl halides is 3. The first-order valence-electron chi connectivity index (χ1n) is 8.79. The number of hydrogen-bond acceptors (Lipinski definition) is 2. The number of halogens is 3. The van der Waals surface area contributed by atoms with Gasteiger partial charge in [-0.15, -0.1) is 0 Å². The number of rotatable bonds is 6. The largest absolute Gasteiger partial charge is 0.432 e. The van der Waals surface area contributed by atoms with Crippen molar-refractivity contribution < 1.29 is 23.0 Å². The van der Waals surface area contributed by atoms with Gasteiger partial charge in [-0.2, -0.15) is 13.2 Å². The van der Waals surface area contributed by atoms with Crippen molar-refractivity contribution in [3.63, 3.8) is 0 Å². The molecule has 1 aromatic rings. The molecule has 5 heteroatoms. The highest BCUT2D eigenvalue weighted by atomic mass is 19.4. The predicted molar refractivity (Wildman–Crippen MR) is 91.0 cm³/mol. The molecule has 0 amide bonds. The lowest BCUT2D eigenvalue weighted by Crippen LogP contribution is -2.53. The molecule has 0 bridgehead atoms. The minimum Gasteiger partial charge on any atom is -0.387 e. The molecule has 0 aromatic heterocycles. The van der Waals surface area contributed by atoms with E-state index in [1.54, 1.807) is 44.2 Å². The first kappa shape index (κ1) is 19.8. The third kappa shape index (κ3) is 3.18. The number of unbranched alkanes of at least 4 members (excludes halogenated alkanes) is 1. The second-order valence-corrected chi connectivity index (χ2v) is 6.57. The van der Waals surface area contributed by atoms with Crippen LogP contribution >= 0.6 is 0 Å². The highest BCUT2D eigenvalue weighted by molar-refractivity contribution is 5.45. The van der Waals surface area contributed by atoms with Crippen molar-refractivity contribution in [2.45, 2.75) is 75.9 Å². The van der Waals surface area contributed by atoms with Crippen LogP contribution in [-0.2, 0) is 4.74 Å². The molecule has 0 unspecified atom stereocenters. The topological polar surface area (TPSA) is 32.8 Å². The molecule has 0 saturated carbocycles. The molecule has 138 valence electrons. The van der Waals surface area contributed by atoms with Gasteiger partial charge in [-0.25, -0.2) is 0 Å². The quantitative estimate of drug-likeness (QED) is 0.585. The van der Waals surface area contributed by atoms with Gasteiger partial charge in [0.2, 0.25) is 0 Å². The van der Waals surface area contributed by atoms with Gasteiger partial charge in [0.25, 0.3) is 5.60 Å². The molecular weight excluding hydrogens is 329 g/mol. The van der Waals surface area contributed by atoms with Crippen molar-refractivity contribution in [1.82, 2.24) is 0 Å². The zero-order chi connectivity index (χ0) is 18.8. The molecule has 1 fully saturated rings. The van der Waals surface area contributed by atoms with Crippen molar-refractivity contribution in [3.05, 3.63) is 35.9 Å². The van der Waals surface area contributed by atoms with Crippen LogP contribution in [0.5, 0.6) is 0 Å². The maximum absolute atomic E-state index is 14.0. The molecule has 2 rings (SSSR count). The molecule has 0 spiro atoms. The molecule has 1 N–H and O–H groups in total. The van der Waals surface area contributed by atoms with Crippen LogP contribution in [0.1, 0.15) is 58.4 Å². The van der Waals surface area contributed by atoms with Gasteiger partial charge in [0.15, 0.2) is 0 Å². The molecule has 0 aliphatic carbocycles. The normalized spacial score (nSPS) is 26.0. The van der Waals surface area contributed by atoms with E-state index >= 15 is 0 Å². The first-order valence-corrected chi connectivity index (χ1v) is 8.79. The second kappa shape index (κ2) is 7.01. The SMILES string of the molecule is CCCC[C@@]1(C(O)(CC)CC)O[C@]1(C#Cc1ccccc1)C(F)(F)F. The van der Waals surface area contributed by atoms with E-state index in [9.17, 15) is 18.3 Å². The average Bonchev–Trinajstić information content (AvgIpc) is 3.29. The molecule has 2 nitrogen and oxygen atoms in total. The Morgan fingerprint density at radius 3 is 2.16 bits per heavy atom. The van der Waals surface area contributed by atoms with Crippen LogP contribution in [-0.4, -0.2) is 28.1 Å². The number of hydrogen-bond donors (Lipinski definition) is 1. The van der Waals surface area contributed by atoms with Gasteiger partial charge in [-0.3, -0.25) is 0 Å². The third-order valence-electron chi connectivity index (χ3n) is 5.21. The molecule has 1 saturated heterocycles. The molecule has 1 aliphatic rings.